The Labute approximate surface area is 106 Å². The molecule has 0 spiro atoms. The van der Waals surface area contributed by atoms with E-state index in [1.807, 2.05) is 6.92 Å². The highest BCUT2D eigenvalue weighted by Gasteiger charge is 2.25. The van der Waals surface area contributed by atoms with Crippen LogP contribution in [0.2, 0.25) is 0 Å². The molecule has 0 bridgehead atoms. The van der Waals surface area contributed by atoms with E-state index in [4.69, 9.17) is 9.84 Å². The molecular weight excluding hydrogens is 234 g/mol. The van der Waals surface area contributed by atoms with E-state index in [1.54, 1.807) is 11.8 Å². The zero-order chi connectivity index (χ0) is 13.1. The zero-order valence-electron chi connectivity index (χ0n) is 10.8. The molecule has 1 fully saturated rings. The maximum atomic E-state index is 11.1. The van der Waals surface area contributed by atoms with E-state index in [-0.39, 0.29) is 11.8 Å². The lowest BCUT2D eigenvalue weighted by Gasteiger charge is -2.25. The third-order valence-electron chi connectivity index (χ3n) is 3.69. The molecule has 1 aromatic rings. The first-order chi connectivity index (χ1) is 8.63. The number of carboxylic acids is 1. The molecule has 0 radical (unpaired) electrons. The normalized spacial score (nSPS) is 17.4. The third kappa shape index (κ3) is 2.53. The van der Waals surface area contributed by atoms with Crippen molar-refractivity contribution in [3.63, 3.8) is 0 Å². The van der Waals surface area contributed by atoms with E-state index in [0.717, 1.165) is 12.3 Å². The van der Waals surface area contributed by atoms with Crippen LogP contribution in [-0.4, -0.2) is 33.2 Å². The second-order valence-electron chi connectivity index (χ2n) is 4.82. The largest absolute Gasteiger partial charge is 0.476 e. The Kier molecular flexibility index (Phi) is 3.96. The van der Waals surface area contributed by atoms with Gasteiger partial charge < -0.3 is 9.84 Å². The van der Waals surface area contributed by atoms with Gasteiger partial charge in [0.15, 0.2) is 5.69 Å². The number of aromatic carboxylic acids is 1. The molecule has 1 unspecified atom stereocenters. The van der Waals surface area contributed by atoms with Gasteiger partial charge in [-0.3, -0.25) is 0 Å². The van der Waals surface area contributed by atoms with E-state index in [0.29, 0.717) is 12.2 Å². The molecule has 6 nitrogen and oxygen atoms in total. The maximum Gasteiger partial charge on any atom is 0.358 e. The van der Waals surface area contributed by atoms with E-state index < -0.39 is 5.97 Å². The number of hydrogen-bond donors (Lipinski definition) is 1. The van der Waals surface area contributed by atoms with Crippen molar-refractivity contribution < 1.29 is 14.6 Å². The number of aromatic nitrogens is 3. The lowest BCUT2D eigenvalue weighted by Crippen LogP contribution is -2.17. The van der Waals surface area contributed by atoms with Gasteiger partial charge in [-0.2, -0.15) is 0 Å². The van der Waals surface area contributed by atoms with Crippen LogP contribution < -0.4 is 0 Å². The highest BCUT2D eigenvalue weighted by atomic mass is 16.5. The number of ether oxygens (including phenoxy) is 1. The van der Waals surface area contributed by atoms with Gasteiger partial charge in [0.05, 0.1) is 6.10 Å². The van der Waals surface area contributed by atoms with Gasteiger partial charge >= 0.3 is 5.97 Å². The Morgan fingerprint density at radius 2 is 2.33 bits per heavy atom. The smallest absolute Gasteiger partial charge is 0.358 e. The third-order valence-corrected chi connectivity index (χ3v) is 3.69. The molecule has 1 atom stereocenters. The van der Waals surface area contributed by atoms with Crippen LogP contribution in [0.4, 0.5) is 0 Å². The molecule has 1 aromatic heterocycles. The molecule has 1 heterocycles. The Balaban J connectivity index is 2.14. The maximum absolute atomic E-state index is 11.1. The number of carboxylic acid groups (broad SMARTS) is 1. The first-order valence-corrected chi connectivity index (χ1v) is 6.33. The first-order valence-electron chi connectivity index (χ1n) is 6.33. The second kappa shape index (κ2) is 5.48. The van der Waals surface area contributed by atoms with Crippen LogP contribution in [-0.2, 0) is 11.3 Å². The summed E-state index contributed by atoms with van der Waals surface area (Å²) in [6, 6.07) is 0. The molecule has 6 heteroatoms. The summed E-state index contributed by atoms with van der Waals surface area (Å²) in [5, 5.41) is 16.8. The van der Waals surface area contributed by atoms with E-state index in [9.17, 15) is 4.79 Å². The number of methoxy groups -OCH3 is 1. The van der Waals surface area contributed by atoms with E-state index >= 15 is 0 Å². The predicted molar refractivity (Wildman–Crippen MR) is 64.4 cm³/mol. The summed E-state index contributed by atoms with van der Waals surface area (Å²) >= 11 is 0. The molecule has 0 aromatic carbocycles. The minimum absolute atomic E-state index is 0.00189. The van der Waals surface area contributed by atoms with Gasteiger partial charge in [-0.1, -0.05) is 24.5 Å². The van der Waals surface area contributed by atoms with Crippen molar-refractivity contribution >= 4 is 5.97 Å². The fraction of sp³-hybridized carbons (Fsp3) is 0.750. The zero-order valence-corrected chi connectivity index (χ0v) is 10.8. The summed E-state index contributed by atoms with van der Waals surface area (Å²) in [7, 11) is 1.56. The number of hydrogen-bond acceptors (Lipinski definition) is 4. The molecule has 2 rings (SSSR count). The highest BCUT2D eigenvalue weighted by molar-refractivity contribution is 5.86. The fourth-order valence-corrected chi connectivity index (χ4v) is 2.24. The number of aryl methyl sites for hydroxylation is 1. The Morgan fingerprint density at radius 1 is 1.61 bits per heavy atom. The topological polar surface area (TPSA) is 77.2 Å². The average Bonchev–Trinajstić information content (AvgIpc) is 2.70. The van der Waals surface area contributed by atoms with Gasteiger partial charge in [-0.15, -0.1) is 5.10 Å². The monoisotopic (exact) mass is 253 g/mol. The molecule has 1 N–H and O–H groups in total. The molecule has 1 aliphatic rings. The first kappa shape index (κ1) is 13.0. The predicted octanol–water partition coefficient (Wildman–Crippen LogP) is 1.87. The van der Waals surface area contributed by atoms with Crippen LogP contribution in [0, 0.1) is 5.92 Å². The fourth-order valence-electron chi connectivity index (χ4n) is 2.24. The van der Waals surface area contributed by atoms with Crippen molar-refractivity contribution in [2.45, 2.75) is 45.3 Å². The van der Waals surface area contributed by atoms with Gasteiger partial charge in [-0.05, 0) is 19.3 Å². The number of carbonyl (C=O) groups is 1. The Bertz CT molecular complexity index is 426. The highest BCUT2D eigenvalue weighted by Crippen LogP contribution is 2.30. The molecule has 1 aliphatic carbocycles. The van der Waals surface area contributed by atoms with Gasteiger partial charge in [0.2, 0.25) is 0 Å². The van der Waals surface area contributed by atoms with Crippen LogP contribution in [0.25, 0.3) is 0 Å². The van der Waals surface area contributed by atoms with Gasteiger partial charge in [-0.25, -0.2) is 9.48 Å². The number of rotatable bonds is 6. The Morgan fingerprint density at radius 3 is 2.83 bits per heavy atom. The van der Waals surface area contributed by atoms with Gasteiger partial charge in [0.1, 0.15) is 5.69 Å². The van der Waals surface area contributed by atoms with Crippen molar-refractivity contribution in [3.05, 3.63) is 11.4 Å². The van der Waals surface area contributed by atoms with Crippen LogP contribution in [0.15, 0.2) is 0 Å². The lowest BCUT2D eigenvalue weighted by atomic mass is 9.83. The molecule has 100 valence electrons. The van der Waals surface area contributed by atoms with Crippen molar-refractivity contribution in [2.24, 2.45) is 5.92 Å². The minimum atomic E-state index is -1.05. The number of nitrogens with zero attached hydrogens (tertiary/aromatic N) is 3. The second-order valence-corrected chi connectivity index (χ2v) is 4.82. The average molecular weight is 253 g/mol. The molecule has 1 saturated carbocycles. The summed E-state index contributed by atoms with van der Waals surface area (Å²) in [5.41, 5.74) is 0.558. The van der Waals surface area contributed by atoms with Gasteiger partial charge in [0, 0.05) is 13.7 Å². The molecule has 18 heavy (non-hydrogen) atoms. The molecule has 0 saturated heterocycles. The van der Waals surface area contributed by atoms with Crippen LogP contribution in [0.3, 0.4) is 0 Å². The van der Waals surface area contributed by atoms with Crippen LogP contribution in [0.1, 0.15) is 54.9 Å². The summed E-state index contributed by atoms with van der Waals surface area (Å²) in [6.07, 6.45) is 4.58. The van der Waals surface area contributed by atoms with Crippen LogP contribution >= 0.6 is 0 Å². The molecular formula is C12H19N3O3. The van der Waals surface area contributed by atoms with E-state index in [1.165, 1.54) is 19.3 Å². The summed E-state index contributed by atoms with van der Waals surface area (Å²) in [5.74, 6) is -0.294. The minimum Gasteiger partial charge on any atom is -0.476 e. The van der Waals surface area contributed by atoms with Crippen molar-refractivity contribution in [3.8, 4) is 0 Å². The van der Waals surface area contributed by atoms with E-state index in [2.05, 4.69) is 10.3 Å². The SMILES string of the molecule is COC(C)c1c(C(=O)O)nnn1CCC1CCC1. The standard InChI is InChI=1S/C12H19N3O3/c1-8(18-2)11-10(12(16)17)13-14-15(11)7-6-9-4-3-5-9/h8-9H,3-7H2,1-2H3,(H,16,17). The summed E-state index contributed by atoms with van der Waals surface area (Å²) < 4.78 is 6.89. The van der Waals surface area contributed by atoms with Crippen molar-refractivity contribution in [1.82, 2.24) is 15.0 Å². The molecule has 0 aliphatic heterocycles. The van der Waals surface area contributed by atoms with Gasteiger partial charge in [0.25, 0.3) is 0 Å². The quantitative estimate of drug-likeness (QED) is 0.837. The van der Waals surface area contributed by atoms with Crippen LogP contribution in [0.5, 0.6) is 0 Å². The summed E-state index contributed by atoms with van der Waals surface area (Å²) in [4.78, 5) is 11.1. The van der Waals surface area contributed by atoms with Crippen molar-refractivity contribution in [2.75, 3.05) is 7.11 Å². The Hall–Kier alpha value is -1.43. The molecule has 0 amide bonds. The van der Waals surface area contributed by atoms with Crippen molar-refractivity contribution in [1.29, 1.82) is 0 Å². The lowest BCUT2D eigenvalue weighted by molar-refractivity contribution is 0.0673. The summed E-state index contributed by atoms with van der Waals surface area (Å²) in [6.45, 7) is 2.53.